The number of nitrogens with one attached hydrogen (secondary N) is 2. The second-order valence-electron chi connectivity index (χ2n) is 6.17. The summed E-state index contributed by atoms with van der Waals surface area (Å²) in [5.74, 6) is 1.25. The van der Waals surface area contributed by atoms with Gasteiger partial charge < -0.3 is 9.73 Å². The van der Waals surface area contributed by atoms with Crippen molar-refractivity contribution in [3.05, 3.63) is 59.3 Å². The summed E-state index contributed by atoms with van der Waals surface area (Å²) < 4.78 is 5.71. The standard InChI is InChI=1S/C18H21N3O2/c1-12-4-2-3-5-14(12)17-10-15(21-23-17)16-11-22-18(20-16)13-6-8-19-9-7-13/h2-5,10-11,13,17,19,21H,6-9H2,1H3. The largest absolute Gasteiger partial charge is 0.448 e. The molecule has 1 fully saturated rings. The van der Waals surface area contributed by atoms with Crippen molar-refractivity contribution in [2.45, 2.75) is 31.8 Å². The van der Waals surface area contributed by atoms with E-state index in [0.717, 1.165) is 48.8 Å². The summed E-state index contributed by atoms with van der Waals surface area (Å²) in [7, 11) is 0. The predicted molar refractivity (Wildman–Crippen MR) is 87.5 cm³/mol. The predicted octanol–water partition coefficient (Wildman–Crippen LogP) is 3.07. The minimum Gasteiger partial charge on any atom is -0.448 e. The van der Waals surface area contributed by atoms with E-state index < -0.39 is 0 Å². The Labute approximate surface area is 135 Å². The van der Waals surface area contributed by atoms with Crippen molar-refractivity contribution in [1.82, 2.24) is 15.8 Å². The molecule has 23 heavy (non-hydrogen) atoms. The van der Waals surface area contributed by atoms with E-state index in [4.69, 9.17) is 9.25 Å². The van der Waals surface area contributed by atoms with Gasteiger partial charge in [0.15, 0.2) is 5.89 Å². The summed E-state index contributed by atoms with van der Waals surface area (Å²) in [6, 6.07) is 8.25. The van der Waals surface area contributed by atoms with Crippen LogP contribution in [0.3, 0.4) is 0 Å². The molecule has 1 atom stereocenters. The highest BCUT2D eigenvalue weighted by molar-refractivity contribution is 5.62. The number of piperidine rings is 1. The molecule has 0 bridgehead atoms. The van der Waals surface area contributed by atoms with E-state index in [1.165, 1.54) is 5.56 Å². The topological polar surface area (TPSA) is 59.3 Å². The minimum atomic E-state index is -0.0924. The first-order valence-corrected chi connectivity index (χ1v) is 8.17. The van der Waals surface area contributed by atoms with Gasteiger partial charge in [-0.25, -0.2) is 4.98 Å². The van der Waals surface area contributed by atoms with Crippen molar-refractivity contribution in [2.24, 2.45) is 0 Å². The number of hydrogen-bond acceptors (Lipinski definition) is 5. The number of nitrogens with zero attached hydrogens (tertiary/aromatic N) is 1. The second kappa shape index (κ2) is 6.18. The summed E-state index contributed by atoms with van der Waals surface area (Å²) in [5, 5.41) is 3.36. The van der Waals surface area contributed by atoms with E-state index in [9.17, 15) is 0 Å². The zero-order valence-electron chi connectivity index (χ0n) is 13.2. The molecule has 120 valence electrons. The Bertz CT molecular complexity index is 717. The van der Waals surface area contributed by atoms with Crippen LogP contribution in [0.1, 0.15) is 47.6 Å². The molecule has 1 aromatic heterocycles. The molecule has 2 aromatic rings. The summed E-state index contributed by atoms with van der Waals surface area (Å²) in [5.41, 5.74) is 7.06. The fourth-order valence-electron chi connectivity index (χ4n) is 3.21. The number of hydroxylamine groups is 1. The third-order valence-corrected chi connectivity index (χ3v) is 4.60. The number of hydrogen-bond donors (Lipinski definition) is 2. The van der Waals surface area contributed by atoms with Crippen LogP contribution in [0.2, 0.25) is 0 Å². The van der Waals surface area contributed by atoms with Gasteiger partial charge in [0.1, 0.15) is 18.1 Å². The van der Waals surface area contributed by atoms with E-state index in [1.807, 2.05) is 12.1 Å². The van der Waals surface area contributed by atoms with Crippen molar-refractivity contribution >= 4 is 5.70 Å². The lowest BCUT2D eigenvalue weighted by Crippen LogP contribution is -2.26. The number of oxazole rings is 1. The van der Waals surface area contributed by atoms with E-state index in [0.29, 0.717) is 5.92 Å². The zero-order chi connectivity index (χ0) is 15.6. The molecule has 2 N–H and O–H groups in total. The van der Waals surface area contributed by atoms with E-state index in [-0.39, 0.29) is 6.10 Å². The molecule has 0 aliphatic carbocycles. The monoisotopic (exact) mass is 311 g/mol. The van der Waals surface area contributed by atoms with Crippen LogP contribution < -0.4 is 10.8 Å². The molecular weight excluding hydrogens is 290 g/mol. The maximum absolute atomic E-state index is 5.71. The minimum absolute atomic E-state index is 0.0924. The maximum Gasteiger partial charge on any atom is 0.197 e. The van der Waals surface area contributed by atoms with Gasteiger partial charge in [-0.2, -0.15) is 0 Å². The van der Waals surface area contributed by atoms with Gasteiger partial charge in [0.05, 0.1) is 5.70 Å². The summed E-state index contributed by atoms with van der Waals surface area (Å²) in [6.45, 7) is 4.15. The lowest BCUT2D eigenvalue weighted by molar-refractivity contribution is 0.0506. The van der Waals surface area contributed by atoms with Crippen LogP contribution in [0, 0.1) is 6.92 Å². The molecule has 2 aliphatic heterocycles. The Morgan fingerprint density at radius 3 is 2.83 bits per heavy atom. The molecule has 3 heterocycles. The third kappa shape index (κ3) is 2.90. The number of aryl methyl sites for hydroxylation is 1. The Morgan fingerprint density at radius 2 is 2.00 bits per heavy atom. The SMILES string of the molecule is Cc1ccccc1C1C=C(c2coc(C3CCNCC3)n2)NO1. The van der Waals surface area contributed by atoms with Crippen molar-refractivity contribution < 1.29 is 9.25 Å². The molecule has 1 saturated heterocycles. The molecule has 1 unspecified atom stereocenters. The molecule has 0 radical (unpaired) electrons. The Morgan fingerprint density at radius 1 is 1.17 bits per heavy atom. The number of aromatic nitrogens is 1. The second-order valence-corrected chi connectivity index (χ2v) is 6.17. The van der Waals surface area contributed by atoms with Gasteiger partial charge in [0, 0.05) is 5.92 Å². The van der Waals surface area contributed by atoms with Gasteiger partial charge in [-0.1, -0.05) is 24.3 Å². The maximum atomic E-state index is 5.71. The smallest absolute Gasteiger partial charge is 0.197 e. The van der Waals surface area contributed by atoms with Crippen LogP contribution in [0.25, 0.3) is 5.70 Å². The molecule has 0 amide bonds. The summed E-state index contributed by atoms with van der Waals surface area (Å²) in [6.07, 6.45) is 5.85. The van der Waals surface area contributed by atoms with Crippen LogP contribution >= 0.6 is 0 Å². The molecule has 4 rings (SSSR count). The summed E-state index contributed by atoms with van der Waals surface area (Å²) in [4.78, 5) is 10.4. The van der Waals surface area contributed by atoms with E-state index in [1.54, 1.807) is 6.26 Å². The highest BCUT2D eigenvalue weighted by atomic mass is 16.7. The quantitative estimate of drug-likeness (QED) is 0.912. The molecule has 2 aliphatic rings. The van der Waals surface area contributed by atoms with Crippen LogP contribution in [0.4, 0.5) is 0 Å². The highest BCUT2D eigenvalue weighted by Crippen LogP contribution is 2.31. The van der Waals surface area contributed by atoms with Gasteiger partial charge in [0.2, 0.25) is 0 Å². The normalized spacial score (nSPS) is 22.0. The number of rotatable bonds is 3. The lowest BCUT2D eigenvalue weighted by Gasteiger charge is -2.19. The fourth-order valence-corrected chi connectivity index (χ4v) is 3.21. The molecule has 0 spiro atoms. The first-order valence-electron chi connectivity index (χ1n) is 8.17. The Hall–Kier alpha value is -2.11. The average Bonchev–Trinajstić information content (AvgIpc) is 3.25. The Balaban J connectivity index is 1.54. The first-order chi connectivity index (χ1) is 11.3. The van der Waals surface area contributed by atoms with Crippen LogP contribution in [0.15, 0.2) is 41.0 Å². The molecular formula is C18H21N3O2. The van der Waals surface area contributed by atoms with Crippen LogP contribution in [0.5, 0.6) is 0 Å². The van der Waals surface area contributed by atoms with E-state index >= 15 is 0 Å². The van der Waals surface area contributed by atoms with Crippen molar-refractivity contribution in [3.8, 4) is 0 Å². The van der Waals surface area contributed by atoms with Gasteiger partial charge >= 0.3 is 0 Å². The molecule has 5 nitrogen and oxygen atoms in total. The van der Waals surface area contributed by atoms with Gasteiger partial charge in [0.25, 0.3) is 0 Å². The number of benzene rings is 1. The van der Waals surface area contributed by atoms with Gasteiger partial charge in [-0.15, -0.1) is 0 Å². The van der Waals surface area contributed by atoms with Crippen molar-refractivity contribution in [2.75, 3.05) is 13.1 Å². The highest BCUT2D eigenvalue weighted by Gasteiger charge is 2.25. The zero-order valence-corrected chi connectivity index (χ0v) is 13.2. The third-order valence-electron chi connectivity index (χ3n) is 4.60. The van der Waals surface area contributed by atoms with Crippen molar-refractivity contribution in [1.29, 1.82) is 0 Å². The molecule has 0 saturated carbocycles. The fraction of sp³-hybridized carbons (Fsp3) is 0.389. The lowest BCUT2D eigenvalue weighted by atomic mass is 9.98. The molecule has 1 aromatic carbocycles. The average molecular weight is 311 g/mol. The molecule has 5 heteroatoms. The van der Waals surface area contributed by atoms with Crippen LogP contribution in [-0.2, 0) is 4.84 Å². The summed E-state index contributed by atoms with van der Waals surface area (Å²) >= 11 is 0. The van der Waals surface area contributed by atoms with Crippen molar-refractivity contribution in [3.63, 3.8) is 0 Å². The Kier molecular flexibility index (Phi) is 3.89. The van der Waals surface area contributed by atoms with E-state index in [2.05, 4.69) is 40.9 Å². The van der Waals surface area contributed by atoms with Gasteiger partial charge in [-0.3, -0.25) is 10.3 Å². The van der Waals surface area contributed by atoms with Gasteiger partial charge in [-0.05, 0) is 50.1 Å². The van der Waals surface area contributed by atoms with Crippen LogP contribution in [-0.4, -0.2) is 18.1 Å². The first kappa shape index (κ1) is 14.5.